The Morgan fingerprint density at radius 2 is 1.91 bits per heavy atom. The van der Waals surface area contributed by atoms with Gasteiger partial charge in [0.1, 0.15) is 49.3 Å². The molecule has 0 aromatic heterocycles. The Hall–Kier alpha value is -1.72. The van der Waals surface area contributed by atoms with Gasteiger partial charge in [-0.3, -0.25) is 0 Å². The van der Waals surface area contributed by atoms with E-state index in [1.807, 2.05) is 0 Å². The molecule has 6 rings (SSSR count). The Kier molecular flexibility index (Phi) is 4.49. The number of piperidine rings is 1. The standard InChI is InChI=1S/C23H28NO8/c1-24-5-4-23-11-2-3-13(25)22(23)32-20-14(26)7-10(9(16(20)23)6-12(11)24)17(28)21-19(30)18(29)15(27)8-31-21/h2-3,7-8,11-13,15,17-19,21-22,25-30H,4-6H2,1H3/t11-,12+,13-,15-,17?,18+,19-,21+,22-,23-/m0/s1. The van der Waals surface area contributed by atoms with E-state index < -0.39 is 48.1 Å². The summed E-state index contributed by atoms with van der Waals surface area (Å²) in [4.78, 5) is 2.28. The van der Waals surface area contributed by atoms with Crippen LogP contribution in [0.3, 0.4) is 0 Å². The van der Waals surface area contributed by atoms with Gasteiger partial charge in [-0.2, -0.15) is 0 Å². The summed E-state index contributed by atoms with van der Waals surface area (Å²) in [6, 6.07) is 1.54. The first-order valence-corrected chi connectivity index (χ1v) is 11.1. The third-order valence-corrected chi connectivity index (χ3v) is 8.35. The van der Waals surface area contributed by atoms with Gasteiger partial charge in [0.05, 0.1) is 0 Å². The van der Waals surface area contributed by atoms with Gasteiger partial charge in [0.25, 0.3) is 0 Å². The Balaban J connectivity index is 1.51. The fourth-order valence-corrected chi connectivity index (χ4v) is 6.78. The fourth-order valence-electron chi connectivity index (χ4n) is 6.78. The molecule has 9 heteroatoms. The van der Waals surface area contributed by atoms with Crippen LogP contribution in [0.5, 0.6) is 11.5 Å². The second-order valence-corrected chi connectivity index (χ2v) is 9.80. The molecule has 1 aromatic carbocycles. The minimum absolute atomic E-state index is 0.0945. The van der Waals surface area contributed by atoms with Crippen molar-refractivity contribution in [2.45, 2.75) is 67.0 Å². The monoisotopic (exact) mass is 446 g/mol. The Bertz CT molecular complexity index is 983. The highest BCUT2D eigenvalue weighted by Crippen LogP contribution is 2.63. The van der Waals surface area contributed by atoms with E-state index in [4.69, 9.17) is 9.47 Å². The molecule has 1 radical (unpaired) electrons. The molecule has 1 spiro atoms. The highest BCUT2D eigenvalue weighted by molar-refractivity contribution is 5.64. The molecule has 0 saturated carbocycles. The first-order chi connectivity index (χ1) is 15.3. The average molecular weight is 446 g/mol. The third-order valence-electron chi connectivity index (χ3n) is 8.35. The molecule has 2 fully saturated rings. The zero-order valence-corrected chi connectivity index (χ0v) is 17.6. The van der Waals surface area contributed by atoms with Gasteiger partial charge in [-0.05, 0) is 43.6 Å². The summed E-state index contributed by atoms with van der Waals surface area (Å²) >= 11 is 0. The molecule has 173 valence electrons. The van der Waals surface area contributed by atoms with Crippen LogP contribution in [-0.2, 0) is 16.6 Å². The van der Waals surface area contributed by atoms with Crippen molar-refractivity contribution in [3.8, 4) is 11.5 Å². The van der Waals surface area contributed by atoms with Gasteiger partial charge in [-0.15, -0.1) is 0 Å². The van der Waals surface area contributed by atoms with Crippen molar-refractivity contribution < 1.29 is 40.1 Å². The number of aliphatic hydroxyl groups is 5. The lowest BCUT2D eigenvalue weighted by Crippen LogP contribution is -2.65. The van der Waals surface area contributed by atoms with Crippen LogP contribution in [0.1, 0.15) is 29.2 Å². The predicted molar refractivity (Wildman–Crippen MR) is 110 cm³/mol. The van der Waals surface area contributed by atoms with Crippen LogP contribution in [0.4, 0.5) is 0 Å². The number of likely N-dealkylation sites (N-methyl/N-ethyl adjacent to an activating group) is 1. The molecule has 2 aliphatic carbocycles. The third kappa shape index (κ3) is 2.47. The van der Waals surface area contributed by atoms with Crippen molar-refractivity contribution in [3.05, 3.63) is 41.5 Å². The summed E-state index contributed by atoms with van der Waals surface area (Å²) < 4.78 is 11.6. The second-order valence-electron chi connectivity index (χ2n) is 9.80. The van der Waals surface area contributed by atoms with Crippen molar-refractivity contribution >= 4 is 0 Å². The number of ether oxygens (including phenoxy) is 2. The zero-order valence-electron chi connectivity index (χ0n) is 17.6. The topological polar surface area (TPSA) is 143 Å². The number of nitrogens with zero attached hydrogens (tertiary/aromatic N) is 1. The van der Waals surface area contributed by atoms with Crippen LogP contribution in [0.15, 0.2) is 18.2 Å². The number of hydrogen-bond acceptors (Lipinski definition) is 9. The van der Waals surface area contributed by atoms with Crippen LogP contribution in [-0.4, -0.2) is 91.8 Å². The van der Waals surface area contributed by atoms with Crippen molar-refractivity contribution in [1.82, 2.24) is 4.90 Å². The minimum Gasteiger partial charge on any atom is -0.504 e. The Morgan fingerprint density at radius 3 is 2.69 bits per heavy atom. The molecule has 2 saturated heterocycles. The van der Waals surface area contributed by atoms with Gasteiger partial charge in [-0.25, -0.2) is 0 Å². The molecule has 1 unspecified atom stereocenters. The molecular formula is C23H28NO8. The molecule has 9 nitrogen and oxygen atoms in total. The Labute approximate surface area is 185 Å². The Morgan fingerprint density at radius 1 is 1.12 bits per heavy atom. The molecule has 32 heavy (non-hydrogen) atoms. The van der Waals surface area contributed by atoms with E-state index >= 15 is 0 Å². The quantitative estimate of drug-likeness (QED) is 0.311. The van der Waals surface area contributed by atoms with Crippen LogP contribution in [0, 0.1) is 12.5 Å². The van der Waals surface area contributed by atoms with Gasteiger partial charge in [0.2, 0.25) is 0 Å². The predicted octanol–water partition coefficient (Wildman–Crippen LogP) is -1.13. The summed E-state index contributed by atoms with van der Waals surface area (Å²) in [6.07, 6.45) is -3.14. The van der Waals surface area contributed by atoms with Crippen LogP contribution in [0.2, 0.25) is 0 Å². The van der Waals surface area contributed by atoms with Crippen LogP contribution < -0.4 is 4.74 Å². The lowest BCUT2D eigenvalue weighted by molar-refractivity contribution is -0.188. The molecule has 0 amide bonds. The summed E-state index contributed by atoms with van der Waals surface area (Å²) in [7, 11) is 2.06. The first-order valence-electron chi connectivity index (χ1n) is 11.1. The van der Waals surface area contributed by atoms with Gasteiger partial charge in [0.15, 0.2) is 11.5 Å². The second kappa shape index (κ2) is 6.89. The normalized spacial score (nSPS) is 45.3. The van der Waals surface area contributed by atoms with Gasteiger partial charge in [-0.1, -0.05) is 12.2 Å². The number of phenolic OH excluding ortho intramolecular Hbond substituents is 1. The number of rotatable bonds is 2. The summed E-state index contributed by atoms with van der Waals surface area (Å²) in [5.41, 5.74) is 1.52. The smallest absolute Gasteiger partial charge is 0.165 e. The first kappa shape index (κ1) is 20.9. The summed E-state index contributed by atoms with van der Waals surface area (Å²) in [5, 5.41) is 63.1. The summed E-state index contributed by atoms with van der Waals surface area (Å²) in [5.74, 6) is 0.306. The molecule has 3 aliphatic heterocycles. The van der Waals surface area contributed by atoms with Crippen molar-refractivity contribution in [1.29, 1.82) is 0 Å². The highest BCUT2D eigenvalue weighted by atomic mass is 16.5. The van der Waals surface area contributed by atoms with E-state index in [2.05, 4.69) is 18.0 Å². The molecule has 10 atom stereocenters. The lowest BCUT2D eigenvalue weighted by Gasteiger charge is -2.56. The van der Waals surface area contributed by atoms with Crippen molar-refractivity contribution in [3.63, 3.8) is 0 Å². The molecular weight excluding hydrogens is 418 g/mol. The lowest BCUT2D eigenvalue weighted by atomic mass is 9.53. The van der Waals surface area contributed by atoms with Crippen molar-refractivity contribution in [2.24, 2.45) is 5.92 Å². The molecule has 2 bridgehead atoms. The van der Waals surface area contributed by atoms with E-state index in [0.29, 0.717) is 17.7 Å². The van der Waals surface area contributed by atoms with Gasteiger partial charge < -0.3 is 45.0 Å². The van der Waals surface area contributed by atoms with E-state index in [-0.39, 0.29) is 17.7 Å². The molecule has 3 heterocycles. The number of likely N-dealkylation sites (tertiary alicyclic amines) is 1. The van der Waals surface area contributed by atoms with Gasteiger partial charge in [0, 0.05) is 22.9 Å². The number of aromatic hydroxyl groups is 1. The molecule has 6 N–H and O–H groups in total. The van der Waals surface area contributed by atoms with E-state index in [0.717, 1.165) is 30.7 Å². The van der Waals surface area contributed by atoms with Crippen LogP contribution >= 0.6 is 0 Å². The SMILES string of the molecule is CN1CC[C@]23c4c5c(C(O)[C@H]6O[CH][C@H](O)[C@@H](O)[C@@H]6O)cc(O)c4O[C@H]2[C@@H](O)C=C[C@H]3[C@H]1C5. The number of hydrogen-bond donors (Lipinski definition) is 6. The zero-order chi connectivity index (χ0) is 22.5. The van der Waals surface area contributed by atoms with E-state index in [1.165, 1.54) is 6.07 Å². The minimum atomic E-state index is -1.52. The van der Waals surface area contributed by atoms with Crippen LogP contribution in [0.25, 0.3) is 0 Å². The maximum Gasteiger partial charge on any atom is 0.165 e. The number of benzene rings is 1. The fraction of sp³-hybridized carbons (Fsp3) is 0.609. The maximum absolute atomic E-state index is 11.3. The van der Waals surface area contributed by atoms with Crippen molar-refractivity contribution in [2.75, 3.05) is 13.6 Å². The largest absolute Gasteiger partial charge is 0.504 e. The highest BCUT2D eigenvalue weighted by Gasteiger charge is 2.64. The molecule has 1 aromatic rings. The maximum atomic E-state index is 11.3. The van der Waals surface area contributed by atoms with Gasteiger partial charge >= 0.3 is 0 Å². The molecule has 5 aliphatic rings. The summed E-state index contributed by atoms with van der Waals surface area (Å²) in [6.45, 7) is 1.82. The average Bonchev–Trinajstić information content (AvgIpc) is 3.12. The number of phenols is 1. The number of aliphatic hydroxyl groups excluding tert-OH is 5. The van der Waals surface area contributed by atoms with E-state index in [1.54, 1.807) is 6.08 Å². The van der Waals surface area contributed by atoms with E-state index in [9.17, 15) is 30.6 Å².